The summed E-state index contributed by atoms with van der Waals surface area (Å²) in [6.45, 7) is 6.78. The van der Waals surface area contributed by atoms with Gasteiger partial charge in [-0.3, -0.25) is 14.2 Å². The van der Waals surface area contributed by atoms with Gasteiger partial charge in [-0.1, -0.05) is 18.9 Å². The Morgan fingerprint density at radius 1 is 1.26 bits per heavy atom. The number of hydrogen-bond acceptors (Lipinski definition) is 8. The summed E-state index contributed by atoms with van der Waals surface area (Å²) in [7, 11) is 0. The summed E-state index contributed by atoms with van der Waals surface area (Å²) in [5, 5.41) is 16.2. The summed E-state index contributed by atoms with van der Waals surface area (Å²) >= 11 is 1.24. The number of amides is 1. The Morgan fingerprint density at radius 2 is 2.05 bits per heavy atom. The molecule has 3 heterocycles. The molecule has 1 saturated heterocycles. The fraction of sp³-hybridized carbons (Fsp3) is 0.517. The molecule has 0 unspecified atom stereocenters. The number of nitrogens with zero attached hydrogens (tertiary/aromatic N) is 4. The van der Waals surface area contributed by atoms with Crippen LogP contribution in [0, 0.1) is 11.3 Å². The first-order valence-corrected chi connectivity index (χ1v) is 14.8. The molecule has 0 bridgehead atoms. The second-order valence-electron chi connectivity index (χ2n) is 10.5. The van der Waals surface area contributed by atoms with Gasteiger partial charge in [0.25, 0.3) is 11.5 Å². The van der Waals surface area contributed by atoms with E-state index in [-0.39, 0.29) is 17.0 Å². The molecule has 10 heteroatoms. The molecule has 1 aromatic heterocycles. The molecular formula is C29H36N6O3S. The van der Waals surface area contributed by atoms with Crippen LogP contribution in [-0.2, 0) is 11.3 Å². The van der Waals surface area contributed by atoms with E-state index < -0.39 is 0 Å². The minimum Gasteiger partial charge on any atom is -0.474 e. The van der Waals surface area contributed by atoms with Crippen molar-refractivity contribution in [2.75, 3.05) is 38.1 Å². The number of anilines is 1. The molecule has 1 saturated carbocycles. The summed E-state index contributed by atoms with van der Waals surface area (Å²) in [5.41, 5.74) is 1.18. The van der Waals surface area contributed by atoms with Gasteiger partial charge in [-0.05, 0) is 76.9 Å². The van der Waals surface area contributed by atoms with Crippen LogP contribution in [-0.4, -0.2) is 59.6 Å². The molecule has 206 valence electrons. The van der Waals surface area contributed by atoms with E-state index in [2.05, 4.69) is 21.6 Å². The Balaban J connectivity index is 1.32. The molecule has 3 aliphatic rings. The lowest BCUT2D eigenvalue weighted by Crippen LogP contribution is -2.32. The first-order chi connectivity index (χ1) is 19.0. The minimum absolute atomic E-state index is 0.113. The van der Waals surface area contributed by atoms with Crippen LogP contribution in [0.25, 0.3) is 11.8 Å². The molecule has 1 aliphatic carbocycles. The van der Waals surface area contributed by atoms with E-state index in [0.29, 0.717) is 51.6 Å². The van der Waals surface area contributed by atoms with Crippen LogP contribution in [0.15, 0.2) is 34.1 Å². The molecule has 0 radical (unpaired) electrons. The van der Waals surface area contributed by atoms with Crippen molar-refractivity contribution in [3.8, 4) is 6.07 Å². The van der Waals surface area contributed by atoms with Crippen molar-refractivity contribution in [2.45, 2.75) is 64.0 Å². The Morgan fingerprint density at radius 3 is 2.79 bits per heavy atom. The zero-order chi connectivity index (χ0) is 27.2. The van der Waals surface area contributed by atoms with Crippen molar-refractivity contribution >= 4 is 40.6 Å². The van der Waals surface area contributed by atoms with Crippen molar-refractivity contribution in [1.82, 2.24) is 14.8 Å². The van der Waals surface area contributed by atoms with Gasteiger partial charge >= 0.3 is 0 Å². The lowest BCUT2D eigenvalue weighted by atomic mass is 10.0. The molecule has 39 heavy (non-hydrogen) atoms. The summed E-state index contributed by atoms with van der Waals surface area (Å²) in [5.74, 6) is 0.235. The van der Waals surface area contributed by atoms with Gasteiger partial charge in [0.1, 0.15) is 27.4 Å². The zero-order valence-corrected chi connectivity index (χ0v) is 23.3. The lowest BCUT2D eigenvalue weighted by Gasteiger charge is -2.14. The lowest BCUT2D eigenvalue weighted by molar-refractivity contribution is 0.0952. The largest absolute Gasteiger partial charge is 0.474 e. The summed E-state index contributed by atoms with van der Waals surface area (Å²) in [4.78, 5) is 33.1. The Bertz CT molecular complexity index is 1450. The Hall–Kier alpha value is -3.42. The number of hydrogen-bond donors (Lipinski definition) is 2. The number of nitrogens with one attached hydrogen (secondary N) is 2. The second-order valence-corrected chi connectivity index (χ2v) is 11.5. The van der Waals surface area contributed by atoms with Gasteiger partial charge < -0.3 is 20.3 Å². The highest BCUT2D eigenvalue weighted by atomic mass is 32.1. The summed E-state index contributed by atoms with van der Waals surface area (Å²) in [6.07, 6.45) is 9.29. The van der Waals surface area contributed by atoms with Gasteiger partial charge in [0.15, 0.2) is 0 Å². The predicted octanol–water partition coefficient (Wildman–Crippen LogP) is 2.41. The van der Waals surface area contributed by atoms with Crippen LogP contribution >= 0.6 is 11.3 Å². The number of nitriles is 1. The van der Waals surface area contributed by atoms with Crippen molar-refractivity contribution < 1.29 is 9.53 Å². The molecule has 5 rings (SSSR count). The number of benzene rings is 1. The molecule has 1 amide bonds. The van der Waals surface area contributed by atoms with Crippen molar-refractivity contribution in [3.05, 3.63) is 49.4 Å². The third kappa shape index (κ3) is 6.10. The predicted molar refractivity (Wildman–Crippen MR) is 154 cm³/mol. The molecule has 0 atom stereocenters. The number of aromatic nitrogens is 1. The number of thiazole rings is 1. The molecule has 9 nitrogen and oxygen atoms in total. The maximum atomic E-state index is 13.2. The van der Waals surface area contributed by atoms with E-state index in [9.17, 15) is 14.9 Å². The molecule has 1 aromatic carbocycles. The van der Waals surface area contributed by atoms with Crippen molar-refractivity contribution in [1.29, 1.82) is 5.26 Å². The maximum absolute atomic E-state index is 13.2. The summed E-state index contributed by atoms with van der Waals surface area (Å²) in [6, 6.07) is 9.46. The quantitative estimate of drug-likeness (QED) is 0.466. The second kappa shape index (κ2) is 12.2. The van der Waals surface area contributed by atoms with E-state index >= 15 is 0 Å². The number of aliphatic imine (C=N–C) groups is 1. The molecule has 1 spiro atoms. The first-order valence-electron chi connectivity index (χ1n) is 14.0. The molecule has 2 fully saturated rings. The minimum atomic E-state index is -0.215. The molecule has 2 aliphatic heterocycles. The normalized spacial score (nSPS) is 19.6. The highest BCUT2D eigenvalue weighted by molar-refractivity contribution is 7.07. The Kier molecular flexibility index (Phi) is 8.48. The van der Waals surface area contributed by atoms with Gasteiger partial charge in [-0.15, -0.1) is 11.3 Å². The molecule has 2 aromatic rings. The SMILES string of the molecule is CCn1c(=O)/c(=C\Nc2cccc(C(=O)NCCCN3CCCC3)c2)s/c1=C(/C#N)C1=NC2(CCCC2)CO1. The number of likely N-dealkylation sites (tertiary alicyclic amines) is 1. The fourth-order valence-corrected chi connectivity index (χ4v) is 6.67. The highest BCUT2D eigenvalue weighted by Gasteiger charge is 2.40. The topological polar surface area (TPSA) is 112 Å². The van der Waals surface area contributed by atoms with E-state index in [1.165, 1.54) is 24.2 Å². The molecule has 2 N–H and O–H groups in total. The van der Waals surface area contributed by atoms with Crippen LogP contribution in [0.5, 0.6) is 0 Å². The zero-order valence-electron chi connectivity index (χ0n) is 22.5. The van der Waals surface area contributed by atoms with Crippen LogP contribution in [0.3, 0.4) is 0 Å². The standard InChI is InChI=1S/C29H36N6O3S/c1-2-35-27(37)24(39-28(35)23(18-30)26-33-29(20-38-26)11-3-4-12-29)19-32-22-10-7-9-21(17-22)25(36)31-13-8-16-34-14-5-6-15-34/h7,9-10,17,19,32H,2-6,8,11-16,20H2,1H3,(H,31,36)/b24-19+,28-23-. The van der Waals surface area contributed by atoms with Crippen molar-refractivity contribution in [2.24, 2.45) is 4.99 Å². The third-order valence-corrected chi connectivity index (χ3v) is 8.87. The molecular weight excluding hydrogens is 512 g/mol. The van der Waals surface area contributed by atoms with Crippen LogP contribution in [0.1, 0.15) is 62.2 Å². The smallest absolute Gasteiger partial charge is 0.270 e. The average Bonchev–Trinajstić information content (AvgIpc) is 3.76. The third-order valence-electron chi connectivity index (χ3n) is 7.74. The average molecular weight is 549 g/mol. The van der Waals surface area contributed by atoms with E-state index in [1.54, 1.807) is 22.9 Å². The maximum Gasteiger partial charge on any atom is 0.270 e. The van der Waals surface area contributed by atoms with Gasteiger partial charge in [0, 0.05) is 30.5 Å². The number of carbonyl (C=O) groups excluding carboxylic acids is 1. The van der Waals surface area contributed by atoms with E-state index in [1.807, 2.05) is 19.1 Å². The van der Waals surface area contributed by atoms with Crippen LogP contribution in [0.2, 0.25) is 0 Å². The van der Waals surface area contributed by atoms with E-state index in [0.717, 1.165) is 51.7 Å². The number of carbonyl (C=O) groups is 1. The van der Waals surface area contributed by atoms with Gasteiger partial charge in [-0.25, -0.2) is 4.99 Å². The van der Waals surface area contributed by atoms with Gasteiger partial charge in [0.2, 0.25) is 5.90 Å². The first kappa shape index (κ1) is 27.2. The van der Waals surface area contributed by atoms with Crippen molar-refractivity contribution in [3.63, 3.8) is 0 Å². The van der Waals surface area contributed by atoms with Gasteiger partial charge in [-0.2, -0.15) is 5.26 Å². The number of ether oxygens (including phenoxy) is 1. The Labute approximate surface area is 232 Å². The van der Waals surface area contributed by atoms with Crippen LogP contribution in [0.4, 0.5) is 5.69 Å². The monoisotopic (exact) mass is 548 g/mol. The van der Waals surface area contributed by atoms with E-state index in [4.69, 9.17) is 9.73 Å². The van der Waals surface area contributed by atoms with Crippen LogP contribution < -0.4 is 25.4 Å². The highest BCUT2D eigenvalue weighted by Crippen LogP contribution is 2.37. The summed E-state index contributed by atoms with van der Waals surface area (Å²) < 4.78 is 8.49. The van der Waals surface area contributed by atoms with Gasteiger partial charge in [0.05, 0.1) is 5.54 Å². The fourth-order valence-electron chi connectivity index (χ4n) is 5.59. The number of rotatable bonds is 9.